The van der Waals surface area contributed by atoms with E-state index in [4.69, 9.17) is 4.74 Å². The molecule has 0 radical (unpaired) electrons. The summed E-state index contributed by atoms with van der Waals surface area (Å²) in [6, 6.07) is 6.65. The van der Waals surface area contributed by atoms with E-state index in [-0.39, 0.29) is 30.4 Å². The van der Waals surface area contributed by atoms with Crippen molar-refractivity contribution in [2.24, 2.45) is 5.92 Å². The second kappa shape index (κ2) is 9.07. The molecular formula is C21H23F2N3O3. The molecule has 0 spiro atoms. The molecule has 8 heteroatoms. The van der Waals surface area contributed by atoms with E-state index in [0.717, 1.165) is 18.4 Å². The van der Waals surface area contributed by atoms with Gasteiger partial charge in [-0.1, -0.05) is 12.1 Å². The average Bonchev–Trinajstić information content (AvgIpc) is 3.50. The summed E-state index contributed by atoms with van der Waals surface area (Å²) < 4.78 is 29.8. The Balaban J connectivity index is 1.65. The first kappa shape index (κ1) is 20.8. The lowest BCUT2D eigenvalue weighted by atomic mass is 10.1. The molecule has 1 amide bonds. The van der Waals surface area contributed by atoms with Crippen LogP contribution in [0.3, 0.4) is 0 Å². The molecule has 154 valence electrons. The molecule has 1 fully saturated rings. The van der Waals surface area contributed by atoms with E-state index in [9.17, 15) is 18.4 Å². The van der Waals surface area contributed by atoms with Gasteiger partial charge in [0.05, 0.1) is 6.42 Å². The number of ether oxygens (including phenoxy) is 1. The van der Waals surface area contributed by atoms with Crippen LogP contribution in [0.1, 0.15) is 46.0 Å². The summed E-state index contributed by atoms with van der Waals surface area (Å²) in [4.78, 5) is 33.0. The van der Waals surface area contributed by atoms with Gasteiger partial charge < -0.3 is 10.1 Å². The number of carbonyl (C=O) groups is 2. The van der Waals surface area contributed by atoms with Crippen LogP contribution in [0.2, 0.25) is 0 Å². The minimum absolute atomic E-state index is 0.109. The highest BCUT2D eigenvalue weighted by atomic mass is 19.3. The number of nitrogens with zero attached hydrogens (tertiary/aromatic N) is 2. The van der Waals surface area contributed by atoms with Crippen LogP contribution in [0.15, 0.2) is 24.3 Å². The smallest absolute Gasteiger partial charge is 0.272 e. The molecule has 0 atom stereocenters. The fraction of sp³-hybridized carbons (Fsp3) is 0.429. The minimum atomic E-state index is -2.56. The molecule has 1 saturated carbocycles. The Kier molecular flexibility index (Phi) is 6.51. The predicted molar refractivity (Wildman–Crippen MR) is 102 cm³/mol. The van der Waals surface area contributed by atoms with Gasteiger partial charge in [0.1, 0.15) is 29.7 Å². The summed E-state index contributed by atoms with van der Waals surface area (Å²) >= 11 is 0. The fourth-order valence-corrected chi connectivity index (χ4v) is 2.96. The van der Waals surface area contributed by atoms with Crippen molar-refractivity contribution in [1.29, 1.82) is 0 Å². The number of aryl methyl sites for hydroxylation is 1. The van der Waals surface area contributed by atoms with Crippen LogP contribution in [0.25, 0.3) is 0 Å². The Morgan fingerprint density at radius 3 is 2.69 bits per heavy atom. The third-order valence-electron chi connectivity index (χ3n) is 4.70. The largest absolute Gasteiger partial charge is 0.487 e. The van der Waals surface area contributed by atoms with E-state index >= 15 is 0 Å². The Morgan fingerprint density at radius 1 is 1.24 bits per heavy atom. The molecule has 1 heterocycles. The van der Waals surface area contributed by atoms with Crippen LogP contribution in [0, 0.1) is 19.8 Å². The summed E-state index contributed by atoms with van der Waals surface area (Å²) in [5, 5.41) is 2.77. The van der Waals surface area contributed by atoms with Gasteiger partial charge in [-0.15, -0.1) is 0 Å². The number of amides is 1. The van der Waals surface area contributed by atoms with E-state index in [2.05, 4.69) is 15.3 Å². The van der Waals surface area contributed by atoms with Crippen LogP contribution in [-0.2, 0) is 17.8 Å². The average molecular weight is 403 g/mol. The molecule has 0 aliphatic heterocycles. The first-order valence-corrected chi connectivity index (χ1v) is 9.48. The molecular weight excluding hydrogens is 380 g/mol. The van der Waals surface area contributed by atoms with Crippen molar-refractivity contribution >= 4 is 11.7 Å². The molecule has 1 aliphatic rings. The maximum Gasteiger partial charge on any atom is 0.272 e. The number of carbonyl (C=O) groups excluding carboxylic acids is 2. The topological polar surface area (TPSA) is 81.2 Å². The monoisotopic (exact) mass is 403 g/mol. The van der Waals surface area contributed by atoms with Gasteiger partial charge in [0.25, 0.3) is 12.3 Å². The molecule has 1 aromatic carbocycles. The Morgan fingerprint density at radius 2 is 2.00 bits per heavy atom. The molecule has 0 saturated heterocycles. The van der Waals surface area contributed by atoms with E-state index in [1.165, 1.54) is 0 Å². The van der Waals surface area contributed by atoms with Crippen LogP contribution >= 0.6 is 0 Å². The van der Waals surface area contributed by atoms with Crippen LogP contribution in [0.5, 0.6) is 5.75 Å². The number of rotatable bonds is 9. The highest BCUT2D eigenvalue weighted by Gasteiger charge is 2.30. The van der Waals surface area contributed by atoms with E-state index in [1.54, 1.807) is 38.1 Å². The lowest BCUT2D eigenvalue weighted by Gasteiger charge is -2.13. The Hall–Kier alpha value is -2.90. The van der Waals surface area contributed by atoms with Crippen molar-refractivity contribution in [2.45, 2.75) is 46.1 Å². The Bertz CT molecular complexity index is 914. The van der Waals surface area contributed by atoms with Crippen molar-refractivity contribution in [1.82, 2.24) is 15.3 Å². The van der Waals surface area contributed by atoms with Gasteiger partial charge in [0.15, 0.2) is 0 Å². The van der Waals surface area contributed by atoms with Gasteiger partial charge in [-0.2, -0.15) is 0 Å². The van der Waals surface area contributed by atoms with Crippen LogP contribution < -0.4 is 10.1 Å². The maximum absolute atomic E-state index is 12.5. The van der Waals surface area contributed by atoms with Crippen molar-refractivity contribution in [2.75, 3.05) is 6.61 Å². The summed E-state index contributed by atoms with van der Waals surface area (Å²) in [6.07, 6.45) is -0.593. The Labute approximate surface area is 167 Å². The third-order valence-corrected chi connectivity index (χ3v) is 4.70. The fourth-order valence-electron chi connectivity index (χ4n) is 2.96. The maximum atomic E-state index is 12.5. The summed E-state index contributed by atoms with van der Waals surface area (Å²) in [7, 11) is 0. The molecule has 29 heavy (non-hydrogen) atoms. The first-order valence-electron chi connectivity index (χ1n) is 9.48. The number of alkyl halides is 2. The van der Waals surface area contributed by atoms with E-state index in [0.29, 0.717) is 22.8 Å². The van der Waals surface area contributed by atoms with Crippen molar-refractivity contribution < 1.29 is 23.1 Å². The number of hydrogen-bond acceptors (Lipinski definition) is 5. The van der Waals surface area contributed by atoms with E-state index in [1.807, 2.05) is 0 Å². The molecule has 1 aliphatic carbocycles. The highest BCUT2D eigenvalue weighted by Crippen LogP contribution is 2.30. The number of nitrogens with one attached hydrogen (secondary N) is 1. The predicted octanol–water partition coefficient (Wildman–Crippen LogP) is 3.19. The number of halogens is 2. The van der Waals surface area contributed by atoms with Crippen molar-refractivity contribution in [3.8, 4) is 5.75 Å². The molecule has 1 N–H and O–H groups in total. The van der Waals surface area contributed by atoms with Crippen molar-refractivity contribution in [3.63, 3.8) is 0 Å². The molecule has 6 nitrogen and oxygen atoms in total. The molecule has 1 aromatic heterocycles. The standard InChI is InChI=1S/C21H23F2N3O3/c1-12-8-16(26-20(25-12)9-17(27)14-6-7-14)21(28)24-10-15-4-3-5-18(13(15)2)29-11-19(22)23/h3-5,8,14,19H,6-7,9-11H2,1-2H3,(H,24,28). The summed E-state index contributed by atoms with van der Waals surface area (Å²) in [5.74, 6) is 0.535. The molecule has 0 unspecified atom stereocenters. The van der Waals surface area contributed by atoms with Gasteiger partial charge >= 0.3 is 0 Å². The zero-order valence-corrected chi connectivity index (χ0v) is 16.4. The minimum Gasteiger partial charge on any atom is -0.487 e. The number of hydrogen-bond donors (Lipinski definition) is 1. The van der Waals surface area contributed by atoms with Crippen LogP contribution in [-0.4, -0.2) is 34.7 Å². The number of benzene rings is 1. The molecule has 3 rings (SSSR count). The summed E-state index contributed by atoms with van der Waals surface area (Å²) in [5.41, 5.74) is 2.24. The zero-order valence-electron chi connectivity index (χ0n) is 16.4. The SMILES string of the molecule is Cc1cc(C(=O)NCc2cccc(OCC(F)F)c2C)nc(CC(=O)C2CC2)n1. The normalized spacial score (nSPS) is 13.4. The second-order valence-corrected chi connectivity index (χ2v) is 7.15. The molecule has 2 aromatic rings. The highest BCUT2D eigenvalue weighted by molar-refractivity contribution is 5.92. The zero-order chi connectivity index (χ0) is 21.0. The lowest BCUT2D eigenvalue weighted by molar-refractivity contribution is -0.119. The van der Waals surface area contributed by atoms with Crippen LogP contribution in [0.4, 0.5) is 8.78 Å². The molecule has 0 bridgehead atoms. The van der Waals surface area contributed by atoms with Gasteiger partial charge in [-0.05, 0) is 49.9 Å². The van der Waals surface area contributed by atoms with E-state index < -0.39 is 18.9 Å². The third kappa shape index (κ3) is 5.79. The van der Waals surface area contributed by atoms with Gasteiger partial charge in [-0.3, -0.25) is 9.59 Å². The van der Waals surface area contributed by atoms with Crippen molar-refractivity contribution in [3.05, 3.63) is 52.6 Å². The lowest BCUT2D eigenvalue weighted by Crippen LogP contribution is -2.25. The summed E-state index contributed by atoms with van der Waals surface area (Å²) in [6.45, 7) is 3.01. The number of ketones is 1. The van der Waals surface area contributed by atoms with Gasteiger partial charge in [0, 0.05) is 18.2 Å². The number of aromatic nitrogens is 2. The quantitative estimate of drug-likeness (QED) is 0.696. The second-order valence-electron chi connectivity index (χ2n) is 7.15. The first-order chi connectivity index (χ1) is 13.8. The number of Topliss-reactive ketones (excluding diaryl/α,β-unsaturated/α-hetero) is 1. The van der Waals surface area contributed by atoms with Gasteiger partial charge in [0.2, 0.25) is 0 Å². The van der Waals surface area contributed by atoms with Gasteiger partial charge in [-0.25, -0.2) is 18.7 Å².